The molecular weight excluding hydrogens is 244 g/mol. The number of rotatable bonds is 4. The molecule has 1 atom stereocenters. The Kier molecular flexibility index (Phi) is 4.14. The third kappa shape index (κ3) is 2.92. The summed E-state index contributed by atoms with van der Waals surface area (Å²) in [6.45, 7) is 2.11. The molecule has 0 spiro atoms. The second kappa shape index (κ2) is 5.82. The van der Waals surface area contributed by atoms with Crippen molar-refractivity contribution < 1.29 is 14.3 Å². The van der Waals surface area contributed by atoms with Gasteiger partial charge in [-0.15, -0.1) is 0 Å². The zero-order valence-electron chi connectivity index (χ0n) is 11.6. The van der Waals surface area contributed by atoms with Crippen LogP contribution in [0.2, 0.25) is 0 Å². The van der Waals surface area contributed by atoms with Crippen LogP contribution in [0.25, 0.3) is 0 Å². The van der Waals surface area contributed by atoms with Crippen LogP contribution in [-0.2, 0) is 4.79 Å². The highest BCUT2D eigenvalue weighted by atomic mass is 16.5. The number of anilines is 2. The highest BCUT2D eigenvalue weighted by molar-refractivity contribution is 5.97. The first kappa shape index (κ1) is 13.5. The van der Waals surface area contributed by atoms with Gasteiger partial charge < -0.3 is 20.1 Å². The average Bonchev–Trinajstić information content (AvgIpc) is 2.54. The highest BCUT2D eigenvalue weighted by Crippen LogP contribution is 2.38. The quantitative estimate of drug-likeness (QED) is 0.877. The summed E-state index contributed by atoms with van der Waals surface area (Å²) in [7, 11) is 3.18. The number of carbonyl (C=O) groups excluding carboxylic acids is 1. The lowest BCUT2D eigenvalue weighted by Gasteiger charge is -2.17. The molecule has 1 aliphatic heterocycles. The maximum atomic E-state index is 11.9. The molecule has 1 aliphatic rings. The number of hydrogen-bond acceptors (Lipinski definition) is 4. The summed E-state index contributed by atoms with van der Waals surface area (Å²) < 4.78 is 10.5. The summed E-state index contributed by atoms with van der Waals surface area (Å²) in [5.74, 6) is 1.29. The molecule has 0 radical (unpaired) electrons. The van der Waals surface area contributed by atoms with Crippen molar-refractivity contribution in [1.82, 2.24) is 0 Å². The molecule has 1 amide bonds. The van der Waals surface area contributed by atoms with Crippen molar-refractivity contribution in [2.45, 2.75) is 32.2 Å². The molecule has 5 nitrogen and oxygen atoms in total. The lowest BCUT2D eigenvalue weighted by Crippen LogP contribution is -2.22. The smallest absolute Gasteiger partial charge is 0.226 e. The topological polar surface area (TPSA) is 59.6 Å². The second-order valence-electron chi connectivity index (χ2n) is 4.64. The fourth-order valence-electron chi connectivity index (χ4n) is 2.32. The molecule has 1 aromatic rings. The Hall–Kier alpha value is -1.91. The summed E-state index contributed by atoms with van der Waals surface area (Å²) in [5.41, 5.74) is 1.61. The van der Waals surface area contributed by atoms with E-state index in [1.54, 1.807) is 20.3 Å². The molecule has 5 heteroatoms. The van der Waals surface area contributed by atoms with E-state index in [1.165, 1.54) is 0 Å². The van der Waals surface area contributed by atoms with Gasteiger partial charge in [-0.3, -0.25) is 4.79 Å². The van der Waals surface area contributed by atoms with Gasteiger partial charge in [0.15, 0.2) is 11.5 Å². The van der Waals surface area contributed by atoms with E-state index in [2.05, 4.69) is 17.6 Å². The Morgan fingerprint density at radius 2 is 1.84 bits per heavy atom. The minimum atomic E-state index is 0.0249. The maximum absolute atomic E-state index is 11.9. The SMILES string of the molecule is CCCC1CC(=O)Nc2cc(OC)c(OC)cc2N1. The van der Waals surface area contributed by atoms with Gasteiger partial charge in [0.25, 0.3) is 0 Å². The fourth-order valence-corrected chi connectivity index (χ4v) is 2.32. The van der Waals surface area contributed by atoms with Crippen molar-refractivity contribution >= 4 is 17.3 Å². The Morgan fingerprint density at radius 3 is 2.42 bits per heavy atom. The van der Waals surface area contributed by atoms with Gasteiger partial charge in [-0.25, -0.2) is 0 Å². The molecule has 0 aliphatic carbocycles. The predicted octanol–water partition coefficient (Wildman–Crippen LogP) is 2.63. The number of benzene rings is 1. The van der Waals surface area contributed by atoms with E-state index in [1.807, 2.05) is 6.07 Å². The first-order valence-corrected chi connectivity index (χ1v) is 6.50. The largest absolute Gasteiger partial charge is 0.493 e. The Labute approximate surface area is 113 Å². The van der Waals surface area contributed by atoms with Gasteiger partial charge in [0, 0.05) is 24.6 Å². The average molecular weight is 264 g/mol. The lowest BCUT2D eigenvalue weighted by molar-refractivity contribution is -0.116. The van der Waals surface area contributed by atoms with E-state index in [0.717, 1.165) is 24.2 Å². The summed E-state index contributed by atoms with van der Waals surface area (Å²) in [5, 5.41) is 6.30. The minimum Gasteiger partial charge on any atom is -0.493 e. The van der Waals surface area contributed by atoms with Crippen LogP contribution in [0.3, 0.4) is 0 Å². The molecule has 1 heterocycles. The molecule has 0 fully saturated rings. The molecule has 104 valence electrons. The highest BCUT2D eigenvalue weighted by Gasteiger charge is 2.22. The molecule has 19 heavy (non-hydrogen) atoms. The summed E-state index contributed by atoms with van der Waals surface area (Å²) >= 11 is 0. The van der Waals surface area contributed by atoms with E-state index in [0.29, 0.717) is 17.9 Å². The van der Waals surface area contributed by atoms with Crippen molar-refractivity contribution in [2.24, 2.45) is 0 Å². The normalized spacial score (nSPS) is 17.8. The van der Waals surface area contributed by atoms with Crippen molar-refractivity contribution in [3.63, 3.8) is 0 Å². The monoisotopic (exact) mass is 264 g/mol. The van der Waals surface area contributed by atoms with E-state index < -0.39 is 0 Å². The molecule has 0 saturated heterocycles. The van der Waals surface area contributed by atoms with Crippen molar-refractivity contribution in [3.05, 3.63) is 12.1 Å². The van der Waals surface area contributed by atoms with Gasteiger partial charge in [-0.05, 0) is 6.42 Å². The number of nitrogens with one attached hydrogen (secondary N) is 2. The molecular formula is C14H20N2O3. The zero-order chi connectivity index (χ0) is 13.8. The molecule has 1 aromatic carbocycles. The summed E-state index contributed by atoms with van der Waals surface area (Å²) in [4.78, 5) is 11.9. The van der Waals surface area contributed by atoms with Crippen LogP contribution in [0.4, 0.5) is 11.4 Å². The number of hydrogen-bond donors (Lipinski definition) is 2. The Balaban J connectivity index is 2.37. The van der Waals surface area contributed by atoms with E-state index in [4.69, 9.17) is 9.47 Å². The van der Waals surface area contributed by atoms with Gasteiger partial charge in [-0.2, -0.15) is 0 Å². The molecule has 0 bridgehead atoms. The van der Waals surface area contributed by atoms with Crippen LogP contribution in [-0.4, -0.2) is 26.2 Å². The fraction of sp³-hybridized carbons (Fsp3) is 0.500. The predicted molar refractivity (Wildman–Crippen MR) is 75.1 cm³/mol. The summed E-state index contributed by atoms with van der Waals surface area (Å²) in [6.07, 6.45) is 2.47. The zero-order valence-corrected chi connectivity index (χ0v) is 11.6. The standard InChI is InChI=1S/C14H20N2O3/c1-4-5-9-6-14(17)16-11-8-13(19-3)12(18-2)7-10(11)15-9/h7-9,15H,4-6H2,1-3H3,(H,16,17). The molecule has 0 saturated carbocycles. The van der Waals surface area contributed by atoms with Gasteiger partial charge in [-0.1, -0.05) is 13.3 Å². The molecule has 1 unspecified atom stereocenters. The number of amides is 1. The molecule has 0 aromatic heterocycles. The van der Waals surface area contributed by atoms with Gasteiger partial charge in [0.1, 0.15) is 0 Å². The third-order valence-electron chi connectivity index (χ3n) is 3.23. The second-order valence-corrected chi connectivity index (χ2v) is 4.64. The van der Waals surface area contributed by atoms with E-state index in [9.17, 15) is 4.79 Å². The summed E-state index contributed by atoms with van der Waals surface area (Å²) in [6, 6.07) is 3.81. The van der Waals surface area contributed by atoms with Crippen LogP contribution in [0.1, 0.15) is 26.2 Å². The lowest BCUT2D eigenvalue weighted by atomic mass is 10.1. The van der Waals surface area contributed by atoms with Crippen molar-refractivity contribution in [2.75, 3.05) is 24.9 Å². The minimum absolute atomic E-state index is 0.0249. The first-order chi connectivity index (χ1) is 9.17. The Bertz CT molecular complexity index is 474. The van der Waals surface area contributed by atoms with Crippen LogP contribution in [0.15, 0.2) is 12.1 Å². The van der Waals surface area contributed by atoms with Crippen LogP contribution in [0.5, 0.6) is 11.5 Å². The Morgan fingerprint density at radius 1 is 1.21 bits per heavy atom. The van der Waals surface area contributed by atoms with Crippen molar-refractivity contribution in [3.8, 4) is 11.5 Å². The molecule has 2 rings (SSSR count). The van der Waals surface area contributed by atoms with Gasteiger partial charge in [0.05, 0.1) is 25.6 Å². The van der Waals surface area contributed by atoms with E-state index >= 15 is 0 Å². The number of fused-ring (bicyclic) bond motifs is 1. The van der Waals surface area contributed by atoms with Crippen molar-refractivity contribution in [1.29, 1.82) is 0 Å². The van der Waals surface area contributed by atoms with Gasteiger partial charge in [0.2, 0.25) is 5.91 Å². The van der Waals surface area contributed by atoms with Gasteiger partial charge >= 0.3 is 0 Å². The molecule has 2 N–H and O–H groups in total. The first-order valence-electron chi connectivity index (χ1n) is 6.50. The van der Waals surface area contributed by atoms with E-state index in [-0.39, 0.29) is 11.9 Å². The number of ether oxygens (including phenoxy) is 2. The van der Waals surface area contributed by atoms with Crippen LogP contribution < -0.4 is 20.1 Å². The number of carbonyl (C=O) groups is 1. The van der Waals surface area contributed by atoms with Crippen LogP contribution in [0, 0.1) is 0 Å². The maximum Gasteiger partial charge on any atom is 0.226 e. The van der Waals surface area contributed by atoms with Crippen LogP contribution >= 0.6 is 0 Å². The third-order valence-corrected chi connectivity index (χ3v) is 3.23. The number of methoxy groups -OCH3 is 2.